The lowest BCUT2D eigenvalue weighted by atomic mass is 10.2. The van der Waals surface area contributed by atoms with E-state index in [1.54, 1.807) is 7.11 Å². The molecular weight excluding hydrogens is 320 g/mol. The van der Waals surface area contributed by atoms with Gasteiger partial charge in [0.15, 0.2) is 0 Å². The molecule has 0 radical (unpaired) electrons. The van der Waals surface area contributed by atoms with Gasteiger partial charge in [-0.05, 0) is 40.0 Å². The third-order valence-electron chi connectivity index (χ3n) is 3.14. The number of methoxy groups -OCH3 is 1. The van der Waals surface area contributed by atoms with Crippen molar-refractivity contribution in [2.45, 2.75) is 26.6 Å². The number of halogens is 1. The zero-order valence-corrected chi connectivity index (χ0v) is 13.6. The lowest BCUT2D eigenvalue weighted by Crippen LogP contribution is -2.02. The molecule has 0 bridgehead atoms. The van der Waals surface area contributed by atoms with Gasteiger partial charge in [-0.2, -0.15) is 5.10 Å². The first-order valence-electron chi connectivity index (χ1n) is 6.56. The zero-order chi connectivity index (χ0) is 14.5. The largest absolute Gasteiger partial charge is 0.497 e. The highest BCUT2D eigenvalue weighted by Crippen LogP contribution is 2.22. The molecule has 0 amide bonds. The Morgan fingerprint density at radius 2 is 2.10 bits per heavy atom. The third kappa shape index (κ3) is 3.41. The average Bonchev–Trinajstić information content (AvgIpc) is 2.74. The van der Waals surface area contributed by atoms with Crippen LogP contribution in [0.2, 0.25) is 0 Å². The van der Waals surface area contributed by atoms with Gasteiger partial charge >= 0.3 is 0 Å². The maximum Gasteiger partial charge on any atom is 0.119 e. The van der Waals surface area contributed by atoms with Crippen LogP contribution >= 0.6 is 15.9 Å². The van der Waals surface area contributed by atoms with Crippen LogP contribution in [0.4, 0.5) is 0 Å². The van der Waals surface area contributed by atoms with Crippen LogP contribution in [0.5, 0.6) is 5.75 Å². The zero-order valence-electron chi connectivity index (χ0n) is 12.0. The van der Waals surface area contributed by atoms with Crippen molar-refractivity contribution in [2.75, 3.05) is 7.11 Å². The van der Waals surface area contributed by atoms with Gasteiger partial charge in [-0.15, -0.1) is 0 Å². The quantitative estimate of drug-likeness (QED) is 0.809. The van der Waals surface area contributed by atoms with E-state index in [1.165, 1.54) is 0 Å². The summed E-state index contributed by atoms with van der Waals surface area (Å²) in [6.07, 6.45) is 0.907. The molecule has 108 valence electrons. The fourth-order valence-corrected chi connectivity index (χ4v) is 2.74. The Kier molecular flexibility index (Phi) is 5.20. The Morgan fingerprint density at radius 1 is 1.30 bits per heavy atom. The molecule has 2 rings (SSSR count). The summed E-state index contributed by atoms with van der Waals surface area (Å²) >= 11 is 3.59. The normalized spacial score (nSPS) is 10.8. The van der Waals surface area contributed by atoms with Crippen LogP contribution < -0.4 is 4.74 Å². The standard InChI is InChI=1S/C15H19BrN2O2/c1-4-13-15(16)14(18(2)17-13)10-20-9-11-6-5-7-12(8-11)19-3/h5-8H,4,9-10H2,1-3H3. The second-order valence-corrected chi connectivity index (χ2v) is 5.32. The van der Waals surface area contributed by atoms with Gasteiger partial charge in [0.05, 0.1) is 36.2 Å². The lowest BCUT2D eigenvalue weighted by molar-refractivity contribution is 0.101. The van der Waals surface area contributed by atoms with Gasteiger partial charge in [0.1, 0.15) is 5.75 Å². The van der Waals surface area contributed by atoms with Gasteiger partial charge in [0.25, 0.3) is 0 Å². The highest BCUT2D eigenvalue weighted by molar-refractivity contribution is 9.10. The van der Waals surface area contributed by atoms with Gasteiger partial charge < -0.3 is 9.47 Å². The van der Waals surface area contributed by atoms with Crippen LogP contribution in [-0.4, -0.2) is 16.9 Å². The number of aromatic nitrogens is 2. The van der Waals surface area contributed by atoms with E-state index in [0.29, 0.717) is 13.2 Å². The van der Waals surface area contributed by atoms with Gasteiger partial charge in [-0.3, -0.25) is 4.68 Å². The Morgan fingerprint density at radius 3 is 2.75 bits per heavy atom. The molecule has 0 aliphatic heterocycles. The fourth-order valence-electron chi connectivity index (χ4n) is 2.00. The number of hydrogen-bond acceptors (Lipinski definition) is 3. The van der Waals surface area contributed by atoms with Crippen LogP contribution in [0.25, 0.3) is 0 Å². The molecule has 2 aromatic rings. The minimum Gasteiger partial charge on any atom is -0.497 e. The molecule has 0 atom stereocenters. The molecule has 0 spiro atoms. The number of benzene rings is 1. The monoisotopic (exact) mass is 338 g/mol. The summed E-state index contributed by atoms with van der Waals surface area (Å²) in [6, 6.07) is 7.90. The molecule has 4 nitrogen and oxygen atoms in total. The molecule has 0 aliphatic carbocycles. The Balaban J connectivity index is 1.97. The molecule has 0 saturated heterocycles. The number of ether oxygens (including phenoxy) is 2. The van der Waals surface area contributed by atoms with E-state index in [0.717, 1.165) is 33.6 Å². The predicted molar refractivity (Wildman–Crippen MR) is 81.8 cm³/mol. The third-order valence-corrected chi connectivity index (χ3v) is 4.06. The predicted octanol–water partition coefficient (Wildman–Crippen LogP) is 3.47. The molecule has 0 unspecified atom stereocenters. The van der Waals surface area contributed by atoms with E-state index in [9.17, 15) is 0 Å². The summed E-state index contributed by atoms with van der Waals surface area (Å²) in [5.74, 6) is 0.848. The first kappa shape index (κ1) is 15.1. The molecule has 0 saturated carbocycles. The summed E-state index contributed by atoms with van der Waals surface area (Å²) in [7, 11) is 3.60. The van der Waals surface area contributed by atoms with Crippen molar-refractivity contribution in [3.63, 3.8) is 0 Å². The SMILES string of the molecule is CCc1nn(C)c(COCc2cccc(OC)c2)c1Br. The van der Waals surface area contributed by atoms with Gasteiger partial charge in [0, 0.05) is 7.05 Å². The van der Waals surface area contributed by atoms with E-state index < -0.39 is 0 Å². The second kappa shape index (κ2) is 6.90. The number of aryl methyl sites for hydroxylation is 2. The summed E-state index contributed by atoms with van der Waals surface area (Å²) < 4.78 is 13.9. The molecule has 0 aliphatic rings. The summed E-state index contributed by atoms with van der Waals surface area (Å²) in [6.45, 7) is 3.17. The van der Waals surface area contributed by atoms with Crippen molar-refractivity contribution in [3.8, 4) is 5.75 Å². The molecule has 0 fully saturated rings. The van der Waals surface area contributed by atoms with E-state index in [-0.39, 0.29) is 0 Å². The van der Waals surface area contributed by atoms with Crippen LogP contribution in [0.3, 0.4) is 0 Å². The first-order valence-corrected chi connectivity index (χ1v) is 7.36. The highest BCUT2D eigenvalue weighted by atomic mass is 79.9. The lowest BCUT2D eigenvalue weighted by Gasteiger charge is -2.07. The van der Waals surface area contributed by atoms with Crippen LogP contribution in [0, 0.1) is 0 Å². The molecular formula is C15H19BrN2O2. The second-order valence-electron chi connectivity index (χ2n) is 4.53. The topological polar surface area (TPSA) is 36.3 Å². The Hall–Kier alpha value is -1.33. The van der Waals surface area contributed by atoms with E-state index in [4.69, 9.17) is 9.47 Å². The number of rotatable bonds is 6. The number of hydrogen-bond donors (Lipinski definition) is 0. The number of nitrogens with zero attached hydrogens (tertiary/aromatic N) is 2. The molecule has 1 aromatic heterocycles. The minimum atomic E-state index is 0.529. The van der Waals surface area contributed by atoms with E-state index in [2.05, 4.69) is 28.0 Å². The van der Waals surface area contributed by atoms with Crippen molar-refractivity contribution in [2.24, 2.45) is 7.05 Å². The smallest absolute Gasteiger partial charge is 0.119 e. The van der Waals surface area contributed by atoms with Gasteiger partial charge in [-0.1, -0.05) is 19.1 Å². The Bertz CT molecular complexity index is 581. The summed E-state index contributed by atoms with van der Waals surface area (Å²) in [5, 5.41) is 4.45. The van der Waals surface area contributed by atoms with Crippen molar-refractivity contribution in [3.05, 3.63) is 45.7 Å². The maximum atomic E-state index is 5.78. The van der Waals surface area contributed by atoms with Crippen LogP contribution in [0.1, 0.15) is 23.9 Å². The van der Waals surface area contributed by atoms with Crippen molar-refractivity contribution < 1.29 is 9.47 Å². The molecule has 1 heterocycles. The van der Waals surface area contributed by atoms with Crippen molar-refractivity contribution in [1.29, 1.82) is 0 Å². The summed E-state index contributed by atoms with van der Waals surface area (Å²) in [4.78, 5) is 0. The Labute approximate surface area is 127 Å². The van der Waals surface area contributed by atoms with Gasteiger partial charge in [-0.25, -0.2) is 0 Å². The summed E-state index contributed by atoms with van der Waals surface area (Å²) in [5.41, 5.74) is 3.22. The molecule has 20 heavy (non-hydrogen) atoms. The van der Waals surface area contributed by atoms with Crippen molar-refractivity contribution >= 4 is 15.9 Å². The van der Waals surface area contributed by atoms with E-state index in [1.807, 2.05) is 36.0 Å². The van der Waals surface area contributed by atoms with Gasteiger partial charge in [0.2, 0.25) is 0 Å². The van der Waals surface area contributed by atoms with Crippen LogP contribution in [-0.2, 0) is 31.4 Å². The molecule has 1 aromatic carbocycles. The van der Waals surface area contributed by atoms with E-state index >= 15 is 0 Å². The minimum absolute atomic E-state index is 0.529. The molecule has 5 heteroatoms. The first-order chi connectivity index (χ1) is 9.65. The molecule has 0 N–H and O–H groups in total. The van der Waals surface area contributed by atoms with Crippen molar-refractivity contribution in [1.82, 2.24) is 9.78 Å². The maximum absolute atomic E-state index is 5.78. The highest BCUT2D eigenvalue weighted by Gasteiger charge is 2.12. The average molecular weight is 339 g/mol. The van der Waals surface area contributed by atoms with Crippen LogP contribution in [0.15, 0.2) is 28.7 Å². The fraction of sp³-hybridized carbons (Fsp3) is 0.400.